The van der Waals surface area contributed by atoms with E-state index in [1.165, 1.54) is 23.1 Å². The minimum absolute atomic E-state index is 0.179. The first kappa shape index (κ1) is 13.1. The third-order valence-electron chi connectivity index (χ3n) is 4.24. The Balaban J connectivity index is 2.49. The molecule has 1 aromatic rings. The summed E-state index contributed by atoms with van der Waals surface area (Å²) in [6, 6.07) is 9.38. The maximum atomic E-state index is 9.60. The van der Waals surface area contributed by atoms with Crippen molar-refractivity contribution in [3.05, 3.63) is 34.9 Å². The van der Waals surface area contributed by atoms with E-state index in [2.05, 4.69) is 57.1 Å². The Labute approximate surface area is 110 Å². The summed E-state index contributed by atoms with van der Waals surface area (Å²) in [5.74, 6) is 0. The molecule has 1 saturated carbocycles. The molecule has 0 radical (unpaired) electrons. The summed E-state index contributed by atoms with van der Waals surface area (Å²) in [6.07, 6.45) is 3.24. The van der Waals surface area contributed by atoms with Crippen molar-refractivity contribution >= 4 is 0 Å². The lowest BCUT2D eigenvalue weighted by Gasteiger charge is -2.45. The molecule has 1 aromatic carbocycles. The highest BCUT2D eigenvalue weighted by Crippen LogP contribution is 2.52. The predicted molar refractivity (Wildman–Crippen MR) is 74.2 cm³/mol. The van der Waals surface area contributed by atoms with Gasteiger partial charge in [-0.1, -0.05) is 30.2 Å². The second-order valence-electron chi connectivity index (χ2n) is 5.85. The summed E-state index contributed by atoms with van der Waals surface area (Å²) in [4.78, 5) is 2.21. The molecule has 0 aromatic heterocycles. The van der Waals surface area contributed by atoms with Crippen LogP contribution in [0.5, 0.6) is 0 Å². The first-order chi connectivity index (χ1) is 8.50. The molecule has 1 aliphatic rings. The largest absolute Gasteiger partial charge is 0.301 e. The van der Waals surface area contributed by atoms with Crippen LogP contribution in [0.4, 0.5) is 0 Å². The SMILES string of the molecule is Cc1ccc(C)c(C(N(C)C)C2(C#N)CCC2)c1. The van der Waals surface area contributed by atoms with Crippen LogP contribution in [0.2, 0.25) is 0 Å². The quantitative estimate of drug-likeness (QED) is 0.809. The van der Waals surface area contributed by atoms with Crippen molar-refractivity contribution in [2.75, 3.05) is 14.1 Å². The Morgan fingerprint density at radius 3 is 2.39 bits per heavy atom. The van der Waals surface area contributed by atoms with E-state index >= 15 is 0 Å². The molecule has 0 spiro atoms. The molecule has 1 fully saturated rings. The van der Waals surface area contributed by atoms with Crippen molar-refractivity contribution in [1.29, 1.82) is 5.26 Å². The van der Waals surface area contributed by atoms with Crippen LogP contribution in [0.3, 0.4) is 0 Å². The van der Waals surface area contributed by atoms with Crippen molar-refractivity contribution in [1.82, 2.24) is 4.90 Å². The number of hydrogen-bond donors (Lipinski definition) is 0. The van der Waals surface area contributed by atoms with Crippen LogP contribution in [0.25, 0.3) is 0 Å². The molecule has 1 atom stereocenters. The molecule has 0 saturated heterocycles. The maximum absolute atomic E-state index is 9.60. The number of hydrogen-bond acceptors (Lipinski definition) is 2. The standard InChI is InChI=1S/C16H22N2/c1-12-6-7-13(2)14(10-12)15(18(3)4)16(11-17)8-5-9-16/h6-7,10,15H,5,8-9H2,1-4H3. The van der Waals surface area contributed by atoms with Crippen LogP contribution in [-0.2, 0) is 0 Å². The fourth-order valence-corrected chi connectivity index (χ4v) is 3.13. The average Bonchev–Trinajstić information content (AvgIpc) is 2.26. The predicted octanol–water partition coefficient (Wildman–Crippen LogP) is 3.60. The van der Waals surface area contributed by atoms with Crippen LogP contribution in [0.15, 0.2) is 18.2 Å². The normalized spacial score (nSPS) is 19.1. The van der Waals surface area contributed by atoms with E-state index in [1.54, 1.807) is 0 Å². The highest BCUT2D eigenvalue weighted by atomic mass is 15.1. The van der Waals surface area contributed by atoms with Crippen LogP contribution < -0.4 is 0 Å². The molecule has 18 heavy (non-hydrogen) atoms. The Hall–Kier alpha value is -1.33. The molecule has 2 nitrogen and oxygen atoms in total. The van der Waals surface area contributed by atoms with E-state index in [0.717, 1.165) is 12.8 Å². The third kappa shape index (κ3) is 2.04. The van der Waals surface area contributed by atoms with Crippen LogP contribution >= 0.6 is 0 Å². The zero-order chi connectivity index (χ0) is 13.3. The lowest BCUT2D eigenvalue weighted by atomic mass is 9.62. The summed E-state index contributed by atoms with van der Waals surface area (Å²) in [6.45, 7) is 4.27. The van der Waals surface area contributed by atoms with Crippen molar-refractivity contribution in [2.24, 2.45) is 5.41 Å². The molecule has 2 heteroatoms. The zero-order valence-corrected chi connectivity index (χ0v) is 11.8. The number of aryl methyl sites for hydroxylation is 2. The maximum Gasteiger partial charge on any atom is 0.0770 e. The van der Waals surface area contributed by atoms with Crippen molar-refractivity contribution in [2.45, 2.75) is 39.2 Å². The fraction of sp³-hybridized carbons (Fsp3) is 0.562. The van der Waals surface area contributed by atoms with Gasteiger partial charge in [-0.05, 0) is 51.9 Å². The van der Waals surface area contributed by atoms with Crippen molar-refractivity contribution in [3.63, 3.8) is 0 Å². The molecule has 0 amide bonds. The molecule has 1 aliphatic carbocycles. The van der Waals surface area contributed by atoms with Gasteiger partial charge in [0, 0.05) is 0 Å². The number of nitriles is 1. The molecular weight excluding hydrogens is 220 g/mol. The Morgan fingerprint density at radius 1 is 1.28 bits per heavy atom. The molecule has 96 valence electrons. The smallest absolute Gasteiger partial charge is 0.0770 e. The molecule has 0 aliphatic heterocycles. The van der Waals surface area contributed by atoms with Crippen LogP contribution in [0, 0.1) is 30.6 Å². The summed E-state index contributed by atoms with van der Waals surface area (Å²) >= 11 is 0. The van der Waals surface area contributed by atoms with Gasteiger partial charge < -0.3 is 4.90 Å². The van der Waals surface area contributed by atoms with E-state index in [9.17, 15) is 5.26 Å². The van der Waals surface area contributed by atoms with E-state index in [4.69, 9.17) is 0 Å². The van der Waals surface area contributed by atoms with Gasteiger partial charge in [-0.2, -0.15) is 5.26 Å². The first-order valence-corrected chi connectivity index (χ1v) is 6.65. The van der Waals surface area contributed by atoms with Gasteiger partial charge in [-0.3, -0.25) is 0 Å². The third-order valence-corrected chi connectivity index (χ3v) is 4.24. The Bertz CT molecular complexity index is 478. The molecule has 2 rings (SSSR count). The van der Waals surface area contributed by atoms with Gasteiger partial charge in [-0.25, -0.2) is 0 Å². The first-order valence-electron chi connectivity index (χ1n) is 6.65. The van der Waals surface area contributed by atoms with Gasteiger partial charge in [-0.15, -0.1) is 0 Å². The zero-order valence-electron chi connectivity index (χ0n) is 11.8. The highest BCUT2D eigenvalue weighted by molar-refractivity contribution is 5.36. The van der Waals surface area contributed by atoms with E-state index in [-0.39, 0.29) is 11.5 Å². The Morgan fingerprint density at radius 2 is 1.94 bits per heavy atom. The molecule has 0 heterocycles. The molecular formula is C16H22N2. The summed E-state index contributed by atoms with van der Waals surface area (Å²) < 4.78 is 0. The fourth-order valence-electron chi connectivity index (χ4n) is 3.13. The minimum Gasteiger partial charge on any atom is -0.301 e. The molecule has 1 unspecified atom stereocenters. The highest BCUT2D eigenvalue weighted by Gasteiger charge is 2.46. The van der Waals surface area contributed by atoms with Crippen LogP contribution in [0.1, 0.15) is 42.0 Å². The average molecular weight is 242 g/mol. The number of nitrogens with zero attached hydrogens (tertiary/aromatic N) is 2. The van der Waals surface area contributed by atoms with Gasteiger partial charge >= 0.3 is 0 Å². The van der Waals surface area contributed by atoms with Gasteiger partial charge in [0.25, 0.3) is 0 Å². The van der Waals surface area contributed by atoms with Gasteiger partial charge in [0.1, 0.15) is 0 Å². The Kier molecular flexibility index (Phi) is 3.45. The number of benzene rings is 1. The van der Waals surface area contributed by atoms with Gasteiger partial charge in [0.05, 0.1) is 17.5 Å². The minimum atomic E-state index is -0.179. The molecule has 0 N–H and O–H groups in total. The topological polar surface area (TPSA) is 27.0 Å². The van der Waals surface area contributed by atoms with Gasteiger partial charge in [0.2, 0.25) is 0 Å². The van der Waals surface area contributed by atoms with Gasteiger partial charge in [0.15, 0.2) is 0 Å². The molecule has 0 bridgehead atoms. The van der Waals surface area contributed by atoms with E-state index < -0.39 is 0 Å². The van der Waals surface area contributed by atoms with E-state index in [1.807, 2.05) is 0 Å². The lowest BCUT2D eigenvalue weighted by molar-refractivity contribution is 0.0744. The number of rotatable bonds is 3. The summed E-state index contributed by atoms with van der Waals surface area (Å²) in [5.41, 5.74) is 3.71. The van der Waals surface area contributed by atoms with Crippen molar-refractivity contribution in [3.8, 4) is 6.07 Å². The second kappa shape index (κ2) is 4.74. The summed E-state index contributed by atoms with van der Waals surface area (Å²) in [5, 5.41) is 9.60. The second-order valence-corrected chi connectivity index (χ2v) is 5.85. The van der Waals surface area contributed by atoms with Crippen LogP contribution in [-0.4, -0.2) is 19.0 Å². The lowest BCUT2D eigenvalue weighted by Crippen LogP contribution is -2.42. The van der Waals surface area contributed by atoms with E-state index in [0.29, 0.717) is 0 Å². The summed E-state index contributed by atoms with van der Waals surface area (Å²) in [7, 11) is 4.17. The monoisotopic (exact) mass is 242 g/mol. The van der Waals surface area contributed by atoms with Crippen molar-refractivity contribution < 1.29 is 0 Å².